The van der Waals surface area contributed by atoms with Crippen LogP contribution < -0.4 is 10.2 Å². The summed E-state index contributed by atoms with van der Waals surface area (Å²) in [5, 5.41) is 3.36. The molecule has 1 unspecified atom stereocenters. The van der Waals surface area contributed by atoms with Crippen molar-refractivity contribution in [2.45, 2.75) is 20.8 Å². The van der Waals surface area contributed by atoms with Gasteiger partial charge in [0.05, 0.1) is 24.9 Å². The van der Waals surface area contributed by atoms with Crippen molar-refractivity contribution in [2.75, 3.05) is 32.1 Å². The second-order valence-electron chi connectivity index (χ2n) is 6.63. The first-order valence-corrected chi connectivity index (χ1v) is 9.36. The number of H-pyrrole nitrogens is 1. The van der Waals surface area contributed by atoms with Crippen molar-refractivity contribution in [3.8, 4) is 0 Å². The van der Waals surface area contributed by atoms with Crippen LogP contribution >= 0.6 is 11.6 Å². The maximum absolute atomic E-state index is 12.6. The number of amides is 1. The van der Waals surface area contributed by atoms with E-state index in [1.807, 2.05) is 0 Å². The van der Waals surface area contributed by atoms with Gasteiger partial charge in [0, 0.05) is 16.4 Å². The summed E-state index contributed by atoms with van der Waals surface area (Å²) < 4.78 is 5.04. The monoisotopic (exact) mass is 406 g/mol. The van der Waals surface area contributed by atoms with E-state index in [1.165, 1.54) is 0 Å². The molecule has 0 aliphatic rings. The lowest BCUT2D eigenvalue weighted by Gasteiger charge is -2.13. The van der Waals surface area contributed by atoms with Crippen molar-refractivity contribution >= 4 is 34.9 Å². The minimum Gasteiger partial charge on any atom is -0.462 e. The minimum absolute atomic E-state index is 0.108. The number of esters is 1. The quantitative estimate of drug-likeness (QED) is 0.460. The average Bonchev–Trinajstić information content (AvgIpc) is 2.91. The summed E-state index contributed by atoms with van der Waals surface area (Å²) in [6.45, 7) is 5.67. The molecule has 28 heavy (non-hydrogen) atoms. The van der Waals surface area contributed by atoms with E-state index >= 15 is 0 Å². The van der Waals surface area contributed by atoms with Crippen LogP contribution in [-0.4, -0.2) is 49.4 Å². The van der Waals surface area contributed by atoms with Gasteiger partial charge in [-0.05, 0) is 50.6 Å². The van der Waals surface area contributed by atoms with Gasteiger partial charge in [0.25, 0.3) is 5.91 Å². The zero-order valence-electron chi connectivity index (χ0n) is 16.4. The summed E-state index contributed by atoms with van der Waals surface area (Å²) in [4.78, 5) is 40.6. The predicted octanol–water partition coefficient (Wildman–Crippen LogP) is 1.80. The van der Waals surface area contributed by atoms with E-state index in [0.29, 0.717) is 33.2 Å². The molecule has 0 bridgehead atoms. The number of Topliss-reactive ketones (excluding diaryl/α,β-unsaturated/α-hetero) is 1. The topological polar surface area (TPSA) is 92.7 Å². The van der Waals surface area contributed by atoms with Gasteiger partial charge < -0.3 is 19.9 Å². The molecule has 150 valence electrons. The number of anilines is 1. The molecule has 3 N–H and O–H groups in total. The summed E-state index contributed by atoms with van der Waals surface area (Å²) >= 11 is 5.82. The Morgan fingerprint density at radius 2 is 1.79 bits per heavy atom. The first-order valence-electron chi connectivity index (χ1n) is 8.99. The minimum atomic E-state index is -0.448. The van der Waals surface area contributed by atoms with Crippen LogP contribution in [0.2, 0.25) is 5.02 Å². The first kappa shape index (κ1) is 21.7. The number of benzene rings is 1. The molecule has 1 aromatic carbocycles. The van der Waals surface area contributed by atoms with Gasteiger partial charge in [-0.1, -0.05) is 11.6 Å². The number of likely N-dealkylation sites (N-methyl/N-ethyl adjacent to an activating group) is 1. The molecule has 0 saturated carbocycles. The fourth-order valence-electron chi connectivity index (χ4n) is 2.98. The third kappa shape index (κ3) is 5.43. The number of carbonyl (C=O) groups is 3. The Morgan fingerprint density at radius 1 is 1.14 bits per heavy atom. The van der Waals surface area contributed by atoms with E-state index in [4.69, 9.17) is 16.3 Å². The number of rotatable bonds is 8. The highest BCUT2D eigenvalue weighted by atomic mass is 35.5. The number of ketones is 1. The van der Waals surface area contributed by atoms with E-state index in [2.05, 4.69) is 10.3 Å². The van der Waals surface area contributed by atoms with E-state index in [1.54, 1.807) is 52.1 Å². The first-order chi connectivity index (χ1) is 13.2. The Balaban J connectivity index is 1.98. The molecule has 2 rings (SSSR count). The Bertz CT molecular complexity index is 874. The highest BCUT2D eigenvalue weighted by Crippen LogP contribution is 2.19. The molecule has 1 amide bonds. The Kier molecular flexibility index (Phi) is 7.37. The molecule has 1 aromatic heterocycles. The second-order valence-corrected chi connectivity index (χ2v) is 7.07. The number of aryl methyl sites for hydroxylation is 1. The number of hydrogen-bond acceptors (Lipinski definition) is 4. The van der Waals surface area contributed by atoms with Crippen molar-refractivity contribution in [1.29, 1.82) is 0 Å². The van der Waals surface area contributed by atoms with E-state index in [0.717, 1.165) is 4.90 Å². The van der Waals surface area contributed by atoms with Gasteiger partial charge in [0.2, 0.25) is 5.78 Å². The van der Waals surface area contributed by atoms with Gasteiger partial charge >= 0.3 is 5.97 Å². The molecule has 0 saturated heterocycles. The zero-order chi connectivity index (χ0) is 20.8. The fraction of sp³-hybridized carbons (Fsp3) is 0.350. The number of carbonyl (C=O) groups excluding carboxylic acids is 3. The van der Waals surface area contributed by atoms with Crippen LogP contribution in [0.3, 0.4) is 0 Å². The normalized spacial score (nSPS) is 11.8. The SMILES string of the molecule is CCOC(=O)c1c(C)[nH]c(C(=O)C[NH+](C)CC(=O)Nc2ccc(Cl)cc2)c1C. The van der Waals surface area contributed by atoms with Crippen molar-refractivity contribution < 1.29 is 24.0 Å². The van der Waals surface area contributed by atoms with Crippen molar-refractivity contribution in [3.63, 3.8) is 0 Å². The van der Waals surface area contributed by atoms with Crippen LogP contribution in [0.4, 0.5) is 5.69 Å². The zero-order valence-corrected chi connectivity index (χ0v) is 17.2. The molecule has 0 radical (unpaired) electrons. The lowest BCUT2D eigenvalue weighted by molar-refractivity contribution is -0.861. The average molecular weight is 407 g/mol. The molecule has 2 aromatic rings. The van der Waals surface area contributed by atoms with Crippen LogP contribution in [0.15, 0.2) is 24.3 Å². The van der Waals surface area contributed by atoms with Crippen LogP contribution in [0.5, 0.6) is 0 Å². The lowest BCUT2D eigenvalue weighted by atomic mass is 10.1. The molecule has 0 aliphatic carbocycles. The maximum atomic E-state index is 12.6. The standard InChI is InChI=1S/C20H24ClN3O4/c1-5-28-20(27)18-12(2)19(22-13(18)3)16(25)10-24(4)11-17(26)23-15-8-6-14(21)7-9-15/h6-9,22H,5,10-11H2,1-4H3,(H,23,26)/p+1. The Morgan fingerprint density at radius 3 is 2.39 bits per heavy atom. The van der Waals surface area contributed by atoms with Gasteiger partial charge in [0.1, 0.15) is 6.54 Å². The highest BCUT2D eigenvalue weighted by Gasteiger charge is 2.25. The van der Waals surface area contributed by atoms with E-state index in [9.17, 15) is 14.4 Å². The number of aromatic amines is 1. The van der Waals surface area contributed by atoms with Crippen molar-refractivity contribution in [3.05, 3.63) is 51.8 Å². The number of quaternary nitrogens is 1. The summed E-state index contributed by atoms with van der Waals surface area (Å²) in [6.07, 6.45) is 0. The number of nitrogens with one attached hydrogen (secondary N) is 3. The second kappa shape index (κ2) is 9.52. The molecule has 0 fully saturated rings. The van der Waals surface area contributed by atoms with Crippen LogP contribution in [0.1, 0.15) is 39.0 Å². The third-order valence-corrected chi connectivity index (χ3v) is 4.50. The summed E-state index contributed by atoms with van der Waals surface area (Å²) in [5.41, 5.74) is 2.57. The molecule has 0 spiro atoms. The van der Waals surface area contributed by atoms with Gasteiger partial charge in [0.15, 0.2) is 6.54 Å². The third-order valence-electron chi connectivity index (χ3n) is 4.25. The van der Waals surface area contributed by atoms with Crippen LogP contribution in [0.25, 0.3) is 0 Å². The molecule has 8 heteroatoms. The maximum Gasteiger partial charge on any atom is 0.340 e. The summed E-state index contributed by atoms with van der Waals surface area (Å²) in [6, 6.07) is 6.80. The van der Waals surface area contributed by atoms with Crippen LogP contribution in [0, 0.1) is 13.8 Å². The molecule has 1 atom stereocenters. The Labute approximate surface area is 169 Å². The van der Waals surface area contributed by atoms with Gasteiger partial charge in [-0.2, -0.15) is 0 Å². The van der Waals surface area contributed by atoms with E-state index < -0.39 is 5.97 Å². The van der Waals surface area contributed by atoms with Crippen molar-refractivity contribution in [1.82, 2.24) is 4.98 Å². The number of halogens is 1. The fourth-order valence-corrected chi connectivity index (χ4v) is 3.10. The highest BCUT2D eigenvalue weighted by molar-refractivity contribution is 6.30. The molecule has 7 nitrogen and oxygen atoms in total. The van der Waals surface area contributed by atoms with Crippen molar-refractivity contribution in [2.24, 2.45) is 0 Å². The number of aromatic nitrogens is 1. The smallest absolute Gasteiger partial charge is 0.340 e. The molecule has 0 aliphatic heterocycles. The molecule has 1 heterocycles. The number of hydrogen-bond donors (Lipinski definition) is 3. The van der Waals surface area contributed by atoms with Gasteiger partial charge in [-0.3, -0.25) is 9.59 Å². The predicted molar refractivity (Wildman–Crippen MR) is 107 cm³/mol. The van der Waals surface area contributed by atoms with Gasteiger partial charge in [-0.25, -0.2) is 4.79 Å². The van der Waals surface area contributed by atoms with Gasteiger partial charge in [-0.15, -0.1) is 0 Å². The number of ether oxygens (including phenoxy) is 1. The largest absolute Gasteiger partial charge is 0.462 e. The summed E-state index contributed by atoms with van der Waals surface area (Å²) in [5.74, 6) is -0.831. The Hall–Kier alpha value is -2.64. The molecular weight excluding hydrogens is 382 g/mol. The molecular formula is C20H25ClN3O4+. The lowest BCUT2D eigenvalue weighted by Crippen LogP contribution is -3.11. The van der Waals surface area contributed by atoms with Crippen LogP contribution in [-0.2, 0) is 9.53 Å². The van der Waals surface area contributed by atoms with E-state index in [-0.39, 0.29) is 31.4 Å². The summed E-state index contributed by atoms with van der Waals surface area (Å²) in [7, 11) is 1.76.